The highest BCUT2D eigenvalue weighted by Gasteiger charge is 2.22. The van der Waals surface area contributed by atoms with Gasteiger partial charge in [-0.15, -0.1) is 5.10 Å². The molecule has 0 bridgehead atoms. The smallest absolute Gasteiger partial charge is 0.252 e. The number of ether oxygens (including phenoxy) is 1. The predicted molar refractivity (Wildman–Crippen MR) is 118 cm³/mol. The van der Waals surface area contributed by atoms with E-state index in [2.05, 4.69) is 31.5 Å². The van der Waals surface area contributed by atoms with Crippen LogP contribution < -0.4 is 5.56 Å². The summed E-state index contributed by atoms with van der Waals surface area (Å²) < 4.78 is 13.0. The van der Waals surface area contributed by atoms with Crippen molar-refractivity contribution in [3.05, 3.63) is 75.7 Å². The summed E-state index contributed by atoms with van der Waals surface area (Å²) >= 11 is 0. The number of hydrogen-bond donors (Lipinski definition) is 1. The fourth-order valence-electron chi connectivity index (χ4n) is 4.20. The zero-order valence-electron chi connectivity index (χ0n) is 18.0. The maximum atomic E-state index is 12.8. The minimum Gasteiger partial charge on any atom is -0.467 e. The Hall–Kier alpha value is -3.30. The molecule has 1 atom stereocenters. The van der Waals surface area contributed by atoms with Gasteiger partial charge in [0.2, 0.25) is 0 Å². The average molecular weight is 435 g/mol. The molecule has 0 radical (unpaired) electrons. The van der Waals surface area contributed by atoms with E-state index in [1.54, 1.807) is 10.9 Å². The van der Waals surface area contributed by atoms with Gasteiger partial charge in [-0.3, -0.25) is 9.69 Å². The Morgan fingerprint density at radius 3 is 3.00 bits per heavy atom. The third-order valence-electron chi connectivity index (χ3n) is 5.81. The zero-order valence-corrected chi connectivity index (χ0v) is 18.0. The van der Waals surface area contributed by atoms with E-state index in [-0.39, 0.29) is 11.7 Å². The van der Waals surface area contributed by atoms with Crippen LogP contribution >= 0.6 is 0 Å². The van der Waals surface area contributed by atoms with Crippen molar-refractivity contribution in [3.8, 4) is 0 Å². The van der Waals surface area contributed by atoms with Crippen LogP contribution in [-0.2, 0) is 24.4 Å². The summed E-state index contributed by atoms with van der Waals surface area (Å²) in [6.45, 7) is 4.97. The largest absolute Gasteiger partial charge is 0.467 e. The Morgan fingerprint density at radius 2 is 2.19 bits per heavy atom. The zero-order chi connectivity index (χ0) is 21.9. The summed E-state index contributed by atoms with van der Waals surface area (Å²) in [7, 11) is 0. The summed E-state index contributed by atoms with van der Waals surface area (Å²) in [6, 6.07) is 11.8. The van der Waals surface area contributed by atoms with Crippen molar-refractivity contribution in [1.82, 2.24) is 30.1 Å². The van der Waals surface area contributed by atoms with E-state index in [1.165, 1.54) is 0 Å². The molecule has 9 heteroatoms. The molecule has 1 aliphatic heterocycles. The predicted octanol–water partition coefficient (Wildman–Crippen LogP) is 2.65. The van der Waals surface area contributed by atoms with Crippen molar-refractivity contribution in [3.63, 3.8) is 0 Å². The van der Waals surface area contributed by atoms with E-state index in [9.17, 15) is 4.79 Å². The summed E-state index contributed by atoms with van der Waals surface area (Å²) in [6.07, 6.45) is 3.86. The number of hydrogen-bond acceptors (Lipinski definition) is 7. The second-order valence-corrected chi connectivity index (χ2v) is 8.35. The quantitative estimate of drug-likeness (QED) is 0.455. The first kappa shape index (κ1) is 20.6. The fraction of sp³-hybridized carbons (Fsp3) is 0.391. The molecule has 0 unspecified atom stereocenters. The maximum absolute atomic E-state index is 12.8. The van der Waals surface area contributed by atoms with Crippen molar-refractivity contribution in [2.45, 2.75) is 45.5 Å². The lowest BCUT2D eigenvalue weighted by molar-refractivity contribution is 0.0663. The molecule has 0 saturated carbocycles. The number of aromatic nitrogens is 5. The van der Waals surface area contributed by atoms with Gasteiger partial charge in [-0.1, -0.05) is 11.6 Å². The van der Waals surface area contributed by atoms with Gasteiger partial charge in [-0.2, -0.15) is 0 Å². The van der Waals surface area contributed by atoms with Crippen LogP contribution in [0.1, 0.15) is 35.6 Å². The van der Waals surface area contributed by atoms with Crippen LogP contribution in [-0.4, -0.2) is 49.3 Å². The number of aryl methyl sites for hydroxylation is 1. The first-order valence-electron chi connectivity index (χ1n) is 10.9. The maximum Gasteiger partial charge on any atom is 0.252 e. The van der Waals surface area contributed by atoms with E-state index in [4.69, 9.17) is 9.15 Å². The van der Waals surface area contributed by atoms with Crippen molar-refractivity contribution in [2.75, 3.05) is 13.2 Å². The molecule has 3 aromatic heterocycles. The molecule has 0 aliphatic carbocycles. The summed E-state index contributed by atoms with van der Waals surface area (Å²) in [5.41, 5.74) is 2.64. The Balaban J connectivity index is 1.40. The van der Waals surface area contributed by atoms with Gasteiger partial charge in [0.25, 0.3) is 5.56 Å². The molecule has 32 heavy (non-hydrogen) atoms. The molecule has 5 rings (SSSR count). The monoisotopic (exact) mass is 434 g/mol. The van der Waals surface area contributed by atoms with E-state index in [0.29, 0.717) is 37.6 Å². The van der Waals surface area contributed by atoms with Gasteiger partial charge < -0.3 is 14.1 Å². The van der Waals surface area contributed by atoms with Crippen LogP contribution in [0.4, 0.5) is 0 Å². The number of nitrogens with one attached hydrogen (secondary N) is 1. The highest BCUT2D eigenvalue weighted by Crippen LogP contribution is 2.18. The lowest BCUT2D eigenvalue weighted by Gasteiger charge is -2.24. The Kier molecular flexibility index (Phi) is 5.83. The molecular weight excluding hydrogens is 408 g/mol. The summed E-state index contributed by atoms with van der Waals surface area (Å²) in [4.78, 5) is 18.0. The molecule has 0 spiro atoms. The van der Waals surface area contributed by atoms with Crippen LogP contribution in [0, 0.1) is 6.92 Å². The molecule has 166 valence electrons. The molecule has 1 N–H and O–H groups in total. The fourth-order valence-corrected chi connectivity index (χ4v) is 4.20. The molecule has 9 nitrogen and oxygen atoms in total. The number of pyridine rings is 1. The molecule has 1 saturated heterocycles. The van der Waals surface area contributed by atoms with Crippen LogP contribution in [0.3, 0.4) is 0 Å². The van der Waals surface area contributed by atoms with Gasteiger partial charge >= 0.3 is 0 Å². The van der Waals surface area contributed by atoms with E-state index in [1.807, 2.05) is 37.3 Å². The van der Waals surface area contributed by atoms with Crippen LogP contribution in [0.15, 0.2) is 51.9 Å². The molecule has 1 aliphatic rings. The minimum absolute atomic E-state index is 0.0751. The number of fused-ring (bicyclic) bond motifs is 1. The summed E-state index contributed by atoms with van der Waals surface area (Å²) in [5, 5.41) is 13.2. The Labute approximate surface area is 185 Å². The number of H-pyrrole nitrogens is 1. The topological polar surface area (TPSA) is 102 Å². The Morgan fingerprint density at radius 1 is 1.25 bits per heavy atom. The first-order valence-corrected chi connectivity index (χ1v) is 10.9. The van der Waals surface area contributed by atoms with Gasteiger partial charge in [0.1, 0.15) is 12.3 Å². The first-order chi connectivity index (χ1) is 15.6. The molecule has 1 aromatic carbocycles. The van der Waals surface area contributed by atoms with Crippen molar-refractivity contribution in [1.29, 1.82) is 0 Å². The minimum atomic E-state index is -0.0751. The molecule has 4 aromatic rings. The highest BCUT2D eigenvalue weighted by molar-refractivity contribution is 5.79. The Bertz CT molecular complexity index is 1240. The van der Waals surface area contributed by atoms with E-state index in [0.717, 1.165) is 41.7 Å². The van der Waals surface area contributed by atoms with Crippen molar-refractivity contribution < 1.29 is 9.15 Å². The van der Waals surface area contributed by atoms with Crippen LogP contribution in [0.2, 0.25) is 0 Å². The standard InChI is InChI=1S/C23H26N6O3/c1-16-6-7-21-17(10-16)11-18(23(30)24-21)12-28(13-19-4-2-8-31-19)15-22-25-26-27-29(22)14-20-5-3-9-32-20/h3,5-7,9-11,19H,2,4,8,12-15H2,1H3,(H,24,30)/t19-/m1/s1. The number of furan rings is 1. The van der Waals surface area contributed by atoms with Gasteiger partial charge in [-0.05, 0) is 65.9 Å². The number of tetrazole rings is 1. The summed E-state index contributed by atoms with van der Waals surface area (Å²) in [5.74, 6) is 1.50. The lowest BCUT2D eigenvalue weighted by atomic mass is 10.1. The molecule has 0 amide bonds. The third-order valence-corrected chi connectivity index (χ3v) is 5.81. The van der Waals surface area contributed by atoms with Crippen molar-refractivity contribution in [2.24, 2.45) is 0 Å². The van der Waals surface area contributed by atoms with Gasteiger partial charge in [0.05, 0.1) is 18.9 Å². The normalized spacial score (nSPS) is 16.4. The van der Waals surface area contributed by atoms with E-state index >= 15 is 0 Å². The van der Waals surface area contributed by atoms with Crippen LogP contribution in [0.25, 0.3) is 10.9 Å². The number of aromatic amines is 1. The van der Waals surface area contributed by atoms with Gasteiger partial charge in [0, 0.05) is 30.8 Å². The number of rotatable bonds is 8. The highest BCUT2D eigenvalue weighted by atomic mass is 16.5. The SMILES string of the molecule is Cc1ccc2[nH]c(=O)c(CN(Cc3nnnn3Cc3ccco3)C[C@H]3CCCO3)cc2c1. The van der Waals surface area contributed by atoms with Gasteiger partial charge in [-0.25, -0.2) is 4.68 Å². The average Bonchev–Trinajstić information content (AvgIpc) is 3.54. The number of benzene rings is 1. The van der Waals surface area contributed by atoms with E-state index < -0.39 is 0 Å². The second kappa shape index (κ2) is 9.05. The van der Waals surface area contributed by atoms with Gasteiger partial charge in [0.15, 0.2) is 5.82 Å². The number of nitrogens with zero attached hydrogens (tertiary/aromatic N) is 5. The second-order valence-electron chi connectivity index (χ2n) is 8.35. The molecule has 1 fully saturated rings. The molecule has 4 heterocycles. The third kappa shape index (κ3) is 4.63. The lowest BCUT2D eigenvalue weighted by Crippen LogP contribution is -2.34. The van der Waals surface area contributed by atoms with Crippen molar-refractivity contribution >= 4 is 10.9 Å². The molecular formula is C23H26N6O3. The van der Waals surface area contributed by atoms with Crippen LogP contribution in [0.5, 0.6) is 0 Å².